The summed E-state index contributed by atoms with van der Waals surface area (Å²) >= 11 is 0. The molecule has 2 aliphatic carbocycles. The molecule has 2 rings (SSSR count). The lowest BCUT2D eigenvalue weighted by Gasteiger charge is -2.35. The fourth-order valence-corrected chi connectivity index (χ4v) is 2.05. The first-order valence-corrected chi connectivity index (χ1v) is 4.14. The smallest absolute Gasteiger partial charge is 0.0586 e. The Hall–Kier alpha value is 0.210. The fourth-order valence-electron chi connectivity index (χ4n) is 2.05. The quantitative estimate of drug-likeness (QED) is 0.691. The highest BCUT2D eigenvalue weighted by Crippen LogP contribution is 2.60. The molecular weight excluding hydrogens is 162 g/mol. The van der Waals surface area contributed by atoms with Gasteiger partial charge in [0.15, 0.2) is 0 Å². The second kappa shape index (κ2) is 2.92. The highest BCUT2D eigenvalue weighted by molar-refractivity contribution is 5.85. The molecule has 0 bridgehead atoms. The third kappa shape index (κ3) is 1.40. The van der Waals surface area contributed by atoms with Gasteiger partial charge in [-0.3, -0.25) is 0 Å². The third-order valence-corrected chi connectivity index (χ3v) is 2.92. The molecule has 1 atom stereocenters. The van der Waals surface area contributed by atoms with Crippen LogP contribution >= 0.6 is 12.4 Å². The second-order valence-electron chi connectivity index (χ2n) is 3.66. The highest BCUT2D eigenvalue weighted by atomic mass is 35.5. The van der Waals surface area contributed by atoms with Gasteiger partial charge in [-0.1, -0.05) is 0 Å². The number of ether oxygens (including phenoxy) is 1. The van der Waals surface area contributed by atoms with Gasteiger partial charge in [-0.2, -0.15) is 0 Å². The maximum absolute atomic E-state index is 5.77. The first-order chi connectivity index (χ1) is 4.77. The molecule has 0 amide bonds. The Morgan fingerprint density at radius 3 is 2.36 bits per heavy atom. The van der Waals surface area contributed by atoms with Crippen LogP contribution in [-0.2, 0) is 4.74 Å². The first kappa shape index (κ1) is 9.30. The first-order valence-electron chi connectivity index (χ1n) is 4.14. The van der Waals surface area contributed by atoms with Crippen LogP contribution in [0.15, 0.2) is 0 Å². The van der Waals surface area contributed by atoms with E-state index in [2.05, 4.69) is 6.92 Å². The van der Waals surface area contributed by atoms with Crippen molar-refractivity contribution in [1.82, 2.24) is 0 Å². The molecule has 3 heteroatoms. The molecule has 0 aromatic carbocycles. The van der Waals surface area contributed by atoms with E-state index in [0.717, 1.165) is 6.61 Å². The number of hydrogen-bond donors (Lipinski definition) is 1. The summed E-state index contributed by atoms with van der Waals surface area (Å²) in [6.45, 7) is 2.91. The summed E-state index contributed by atoms with van der Waals surface area (Å²) in [5, 5.41) is 0. The van der Waals surface area contributed by atoms with Gasteiger partial charge in [0, 0.05) is 12.6 Å². The Morgan fingerprint density at radius 1 is 1.45 bits per heavy atom. The Labute approximate surface area is 73.9 Å². The zero-order valence-corrected chi connectivity index (χ0v) is 7.69. The Morgan fingerprint density at radius 2 is 2.00 bits per heavy atom. The minimum atomic E-state index is 0. The molecule has 1 unspecified atom stereocenters. The van der Waals surface area contributed by atoms with Crippen LogP contribution in [0.5, 0.6) is 0 Å². The molecule has 11 heavy (non-hydrogen) atoms. The average molecular weight is 178 g/mol. The van der Waals surface area contributed by atoms with E-state index in [1.165, 1.54) is 19.3 Å². The van der Waals surface area contributed by atoms with Crippen LogP contribution in [0.4, 0.5) is 0 Å². The molecule has 2 nitrogen and oxygen atoms in total. The van der Waals surface area contributed by atoms with E-state index in [9.17, 15) is 0 Å². The minimum absolute atomic E-state index is 0. The maximum atomic E-state index is 5.77. The number of rotatable bonds is 2. The van der Waals surface area contributed by atoms with E-state index in [0.29, 0.717) is 17.6 Å². The molecule has 0 aliphatic heterocycles. The molecule has 66 valence electrons. The van der Waals surface area contributed by atoms with Crippen LogP contribution in [0.3, 0.4) is 0 Å². The summed E-state index contributed by atoms with van der Waals surface area (Å²) in [4.78, 5) is 0. The third-order valence-electron chi connectivity index (χ3n) is 2.92. The second-order valence-corrected chi connectivity index (χ2v) is 3.66. The van der Waals surface area contributed by atoms with E-state index in [-0.39, 0.29) is 12.4 Å². The van der Waals surface area contributed by atoms with Crippen molar-refractivity contribution in [3.05, 3.63) is 0 Å². The normalized spacial score (nSPS) is 46.4. The van der Waals surface area contributed by atoms with Gasteiger partial charge in [0.05, 0.1) is 6.10 Å². The van der Waals surface area contributed by atoms with Crippen LogP contribution < -0.4 is 5.73 Å². The van der Waals surface area contributed by atoms with E-state index in [1.54, 1.807) is 0 Å². The van der Waals surface area contributed by atoms with Gasteiger partial charge in [0.2, 0.25) is 0 Å². The summed E-state index contributed by atoms with van der Waals surface area (Å²) < 4.78 is 5.45. The predicted molar refractivity (Wildman–Crippen MR) is 46.9 cm³/mol. The number of nitrogens with two attached hydrogens (primary N) is 1. The van der Waals surface area contributed by atoms with E-state index < -0.39 is 0 Å². The van der Waals surface area contributed by atoms with Crippen molar-refractivity contribution < 1.29 is 4.74 Å². The van der Waals surface area contributed by atoms with Gasteiger partial charge in [0.1, 0.15) is 0 Å². The standard InChI is InChI=1S/C8H15NO.ClH/c1-2-10-6-3-8(4-6)5-7(8)9;/h6-7H,2-5,9H2,1H3;1H. The molecule has 2 fully saturated rings. The van der Waals surface area contributed by atoms with Crippen LogP contribution in [0.2, 0.25) is 0 Å². The van der Waals surface area contributed by atoms with E-state index in [4.69, 9.17) is 10.5 Å². The summed E-state index contributed by atoms with van der Waals surface area (Å²) in [6, 6.07) is 0.504. The summed E-state index contributed by atoms with van der Waals surface area (Å²) in [7, 11) is 0. The fraction of sp³-hybridized carbons (Fsp3) is 1.00. The lowest BCUT2D eigenvalue weighted by Crippen LogP contribution is -2.36. The lowest BCUT2D eigenvalue weighted by molar-refractivity contribution is -0.0363. The molecule has 0 aromatic heterocycles. The van der Waals surface area contributed by atoms with E-state index in [1.807, 2.05) is 0 Å². The van der Waals surface area contributed by atoms with Gasteiger partial charge < -0.3 is 10.5 Å². The maximum Gasteiger partial charge on any atom is 0.0586 e. The van der Waals surface area contributed by atoms with Crippen molar-refractivity contribution in [2.75, 3.05) is 6.61 Å². The van der Waals surface area contributed by atoms with Gasteiger partial charge in [0.25, 0.3) is 0 Å². The van der Waals surface area contributed by atoms with Crippen LogP contribution in [0.25, 0.3) is 0 Å². The van der Waals surface area contributed by atoms with Crippen molar-refractivity contribution in [3.63, 3.8) is 0 Å². The Balaban J connectivity index is 0.000000605. The zero-order chi connectivity index (χ0) is 7.19. The minimum Gasteiger partial charge on any atom is -0.378 e. The van der Waals surface area contributed by atoms with Crippen molar-refractivity contribution in [1.29, 1.82) is 0 Å². The molecular formula is C8H16ClNO. The Kier molecular flexibility index (Phi) is 2.47. The van der Waals surface area contributed by atoms with Gasteiger partial charge in [-0.05, 0) is 31.6 Å². The van der Waals surface area contributed by atoms with Crippen LogP contribution in [-0.4, -0.2) is 18.8 Å². The van der Waals surface area contributed by atoms with Gasteiger partial charge in [-0.25, -0.2) is 0 Å². The molecule has 0 saturated heterocycles. The average Bonchev–Trinajstić information content (AvgIpc) is 2.41. The van der Waals surface area contributed by atoms with Crippen LogP contribution in [0, 0.1) is 5.41 Å². The largest absolute Gasteiger partial charge is 0.378 e. The highest BCUT2D eigenvalue weighted by Gasteiger charge is 2.60. The molecule has 2 aliphatic rings. The zero-order valence-electron chi connectivity index (χ0n) is 6.88. The topological polar surface area (TPSA) is 35.2 Å². The molecule has 0 radical (unpaired) electrons. The Bertz CT molecular complexity index is 145. The van der Waals surface area contributed by atoms with Crippen molar-refractivity contribution in [3.8, 4) is 0 Å². The van der Waals surface area contributed by atoms with Gasteiger partial charge in [-0.15, -0.1) is 12.4 Å². The molecule has 2 N–H and O–H groups in total. The van der Waals surface area contributed by atoms with Crippen LogP contribution in [0.1, 0.15) is 26.2 Å². The molecule has 1 spiro atoms. The van der Waals surface area contributed by atoms with Crippen molar-refractivity contribution in [2.45, 2.75) is 38.3 Å². The molecule has 0 aromatic rings. The summed E-state index contributed by atoms with van der Waals surface area (Å²) in [5.41, 5.74) is 6.32. The van der Waals surface area contributed by atoms with E-state index >= 15 is 0 Å². The lowest BCUT2D eigenvalue weighted by atomic mass is 9.78. The monoisotopic (exact) mass is 177 g/mol. The summed E-state index contributed by atoms with van der Waals surface area (Å²) in [6.07, 6.45) is 4.24. The molecule has 2 saturated carbocycles. The molecule has 0 heterocycles. The summed E-state index contributed by atoms with van der Waals surface area (Å²) in [5.74, 6) is 0. The van der Waals surface area contributed by atoms with Gasteiger partial charge >= 0.3 is 0 Å². The van der Waals surface area contributed by atoms with Crippen molar-refractivity contribution in [2.24, 2.45) is 11.1 Å². The predicted octanol–water partition coefficient (Wildman–Crippen LogP) is 1.32. The number of hydrogen-bond acceptors (Lipinski definition) is 2. The van der Waals surface area contributed by atoms with Crippen molar-refractivity contribution >= 4 is 12.4 Å². The SMILES string of the molecule is CCOC1CC2(C1)CC2N.Cl. The number of halogens is 1.